The van der Waals surface area contributed by atoms with Gasteiger partial charge in [0.25, 0.3) is 0 Å². The highest BCUT2D eigenvalue weighted by Crippen LogP contribution is 2.63. The normalized spacial score (nSPS) is 13.7. The lowest BCUT2D eigenvalue weighted by Crippen LogP contribution is -2.40. The molecule has 1 spiro atoms. The second-order valence-corrected chi connectivity index (χ2v) is 17.2. The summed E-state index contributed by atoms with van der Waals surface area (Å²) in [6.45, 7) is 4.71. The molecule has 0 aliphatic heterocycles. The molecule has 0 N–H and O–H groups in total. The summed E-state index contributed by atoms with van der Waals surface area (Å²) in [5.41, 5.74) is 16.4. The molecule has 0 radical (unpaired) electrons. The van der Waals surface area contributed by atoms with Crippen molar-refractivity contribution in [3.8, 4) is 79.2 Å². The van der Waals surface area contributed by atoms with E-state index in [0.29, 0.717) is 23.3 Å². The highest BCUT2D eigenvalue weighted by Gasteiger charge is 2.54. The molecule has 0 atom stereocenters. The van der Waals surface area contributed by atoms with E-state index in [0.717, 1.165) is 55.9 Å². The highest BCUT2D eigenvalue weighted by atomic mass is 15.0. The third kappa shape index (κ3) is 5.81. The molecule has 0 amide bonds. The Balaban J connectivity index is 1.17. The molecule has 12 rings (SSSR count). The lowest BCUT2D eigenvalue weighted by Gasteiger charge is -2.46. The Morgan fingerprint density at radius 3 is 1.22 bits per heavy atom. The number of hydrogen-bond donors (Lipinski definition) is 0. The summed E-state index contributed by atoms with van der Waals surface area (Å²) >= 11 is 0. The van der Waals surface area contributed by atoms with Gasteiger partial charge in [0.1, 0.15) is 0 Å². The van der Waals surface area contributed by atoms with Crippen LogP contribution in [0.4, 0.5) is 0 Å². The monoisotopic (exact) mass is 819 g/mol. The zero-order valence-corrected chi connectivity index (χ0v) is 35.4. The Morgan fingerprint density at radius 1 is 0.281 bits per heavy atom. The SMILES string of the molecule is CC1(C)c2ccccc2C2(c3ccc(-c4nc(-c5ccccc5)cc(-c5ccccc5)n4)cc3-c3c(-c4nc(-c5ccccc5)nc(-c5ccccc5)n4)cccc32)c2ccccc21. The third-order valence-corrected chi connectivity index (χ3v) is 13.2. The van der Waals surface area contributed by atoms with Crippen molar-refractivity contribution in [2.75, 3.05) is 0 Å². The van der Waals surface area contributed by atoms with E-state index in [-0.39, 0.29) is 5.41 Å². The van der Waals surface area contributed by atoms with Gasteiger partial charge in [-0.1, -0.05) is 214 Å². The molecule has 5 heteroatoms. The van der Waals surface area contributed by atoms with Gasteiger partial charge in [0.05, 0.1) is 16.8 Å². The number of hydrogen-bond acceptors (Lipinski definition) is 5. The predicted octanol–water partition coefficient (Wildman–Crippen LogP) is 13.7. The zero-order chi connectivity index (χ0) is 42.8. The molecule has 0 unspecified atom stereocenters. The van der Waals surface area contributed by atoms with Crippen molar-refractivity contribution >= 4 is 0 Å². The summed E-state index contributed by atoms with van der Waals surface area (Å²) in [5, 5.41) is 0. The number of rotatable bonds is 6. The van der Waals surface area contributed by atoms with E-state index in [1.165, 1.54) is 33.4 Å². The van der Waals surface area contributed by atoms with Crippen LogP contribution in [0.5, 0.6) is 0 Å². The first-order valence-corrected chi connectivity index (χ1v) is 21.8. The van der Waals surface area contributed by atoms with Gasteiger partial charge in [-0.3, -0.25) is 0 Å². The number of aromatic nitrogens is 5. The summed E-state index contributed by atoms with van der Waals surface area (Å²) in [7, 11) is 0. The molecule has 302 valence electrons. The van der Waals surface area contributed by atoms with Gasteiger partial charge in [0.15, 0.2) is 23.3 Å². The van der Waals surface area contributed by atoms with Gasteiger partial charge in [0, 0.05) is 38.8 Å². The average Bonchev–Trinajstić information content (AvgIpc) is 3.67. The molecule has 10 aromatic rings. The third-order valence-electron chi connectivity index (χ3n) is 13.2. The van der Waals surface area contributed by atoms with Gasteiger partial charge in [-0.15, -0.1) is 0 Å². The first-order chi connectivity index (χ1) is 31.5. The van der Waals surface area contributed by atoms with Gasteiger partial charge in [-0.05, 0) is 56.6 Å². The van der Waals surface area contributed by atoms with Crippen molar-refractivity contribution in [1.29, 1.82) is 0 Å². The lowest BCUT2D eigenvalue weighted by atomic mass is 9.55. The summed E-state index contributed by atoms with van der Waals surface area (Å²) in [5.74, 6) is 2.52. The van der Waals surface area contributed by atoms with Crippen LogP contribution >= 0.6 is 0 Å². The van der Waals surface area contributed by atoms with E-state index < -0.39 is 5.41 Å². The molecule has 0 saturated carbocycles. The minimum absolute atomic E-state index is 0.234. The van der Waals surface area contributed by atoms with Gasteiger partial charge in [-0.2, -0.15) is 0 Å². The standard InChI is InChI=1S/C59H41N5/c1-58(2)46-29-15-17-31-48(46)59(49-32-18-16-30-47(49)58)45-35-34-42(56-60-51(38-20-7-3-8-21-38)37-52(61-56)39-22-9-4-10-23-39)36-44(45)53-43(28-19-33-50(53)59)57-63-54(40-24-11-5-12-25-40)62-55(64-57)41-26-13-6-14-27-41/h3-37H,1-2H3. The van der Waals surface area contributed by atoms with E-state index in [4.69, 9.17) is 24.9 Å². The number of benzene rings is 8. The van der Waals surface area contributed by atoms with Gasteiger partial charge >= 0.3 is 0 Å². The molecule has 0 saturated heterocycles. The second-order valence-electron chi connectivity index (χ2n) is 17.2. The van der Waals surface area contributed by atoms with Crippen molar-refractivity contribution < 1.29 is 0 Å². The quantitative estimate of drug-likeness (QED) is 0.167. The van der Waals surface area contributed by atoms with Gasteiger partial charge in [0.2, 0.25) is 0 Å². The minimum atomic E-state index is -0.637. The van der Waals surface area contributed by atoms with Crippen molar-refractivity contribution in [2.24, 2.45) is 0 Å². The van der Waals surface area contributed by atoms with Crippen LogP contribution in [-0.4, -0.2) is 24.9 Å². The molecule has 2 heterocycles. The Labute approximate surface area is 372 Å². The predicted molar refractivity (Wildman–Crippen MR) is 257 cm³/mol. The number of nitrogens with zero attached hydrogens (tertiary/aromatic N) is 5. The molecule has 2 aliphatic rings. The van der Waals surface area contributed by atoms with Crippen molar-refractivity contribution in [2.45, 2.75) is 24.7 Å². The fourth-order valence-electron chi connectivity index (χ4n) is 10.3. The Kier molecular flexibility index (Phi) is 8.66. The van der Waals surface area contributed by atoms with Crippen molar-refractivity contribution in [3.05, 3.63) is 246 Å². The van der Waals surface area contributed by atoms with E-state index in [1.54, 1.807) is 0 Å². The van der Waals surface area contributed by atoms with Crippen LogP contribution in [-0.2, 0) is 10.8 Å². The maximum Gasteiger partial charge on any atom is 0.164 e. The summed E-state index contributed by atoms with van der Waals surface area (Å²) in [6.07, 6.45) is 0. The maximum atomic E-state index is 5.32. The molecular weight excluding hydrogens is 779 g/mol. The van der Waals surface area contributed by atoms with Crippen LogP contribution < -0.4 is 0 Å². The number of fused-ring (bicyclic) bond motifs is 9. The molecular formula is C59H41N5. The molecule has 5 nitrogen and oxygen atoms in total. The Bertz CT molecular complexity index is 3240. The fourth-order valence-corrected chi connectivity index (χ4v) is 10.3. The smallest absolute Gasteiger partial charge is 0.164 e. The van der Waals surface area contributed by atoms with E-state index in [1.807, 2.05) is 48.5 Å². The zero-order valence-electron chi connectivity index (χ0n) is 35.4. The minimum Gasteiger partial charge on any atom is -0.228 e. The van der Waals surface area contributed by atoms with Crippen LogP contribution in [0.2, 0.25) is 0 Å². The van der Waals surface area contributed by atoms with Crippen LogP contribution in [0, 0.1) is 0 Å². The molecule has 8 aromatic carbocycles. The fraction of sp³-hybridized carbons (Fsp3) is 0.0678. The lowest BCUT2D eigenvalue weighted by molar-refractivity contribution is 0.563. The van der Waals surface area contributed by atoms with E-state index in [9.17, 15) is 0 Å². The van der Waals surface area contributed by atoms with Crippen LogP contribution in [0.15, 0.2) is 212 Å². The van der Waals surface area contributed by atoms with Crippen LogP contribution in [0.1, 0.15) is 47.2 Å². The molecule has 2 aromatic heterocycles. The van der Waals surface area contributed by atoms with Crippen LogP contribution in [0.3, 0.4) is 0 Å². The second kappa shape index (κ2) is 14.7. The average molecular weight is 820 g/mol. The van der Waals surface area contributed by atoms with Gasteiger partial charge in [-0.25, -0.2) is 24.9 Å². The topological polar surface area (TPSA) is 64.5 Å². The van der Waals surface area contributed by atoms with Crippen molar-refractivity contribution in [3.63, 3.8) is 0 Å². The largest absolute Gasteiger partial charge is 0.228 e. The van der Waals surface area contributed by atoms with Gasteiger partial charge < -0.3 is 0 Å². The summed E-state index contributed by atoms with van der Waals surface area (Å²) in [4.78, 5) is 26.3. The summed E-state index contributed by atoms with van der Waals surface area (Å²) < 4.78 is 0. The molecule has 2 aliphatic carbocycles. The first kappa shape index (κ1) is 37.6. The van der Waals surface area contributed by atoms with Crippen molar-refractivity contribution in [1.82, 2.24) is 24.9 Å². The van der Waals surface area contributed by atoms with E-state index >= 15 is 0 Å². The Morgan fingerprint density at radius 2 is 0.703 bits per heavy atom. The summed E-state index contributed by atoms with van der Waals surface area (Å²) in [6, 6.07) is 74.8. The van der Waals surface area contributed by atoms with Crippen LogP contribution in [0.25, 0.3) is 79.2 Å². The Hall–Kier alpha value is -8.15. The van der Waals surface area contributed by atoms with E-state index in [2.05, 4.69) is 178 Å². The molecule has 0 fully saturated rings. The highest BCUT2D eigenvalue weighted by molar-refractivity contribution is 5.97. The first-order valence-electron chi connectivity index (χ1n) is 21.8. The maximum absolute atomic E-state index is 5.32. The molecule has 0 bridgehead atoms. The molecule has 64 heavy (non-hydrogen) atoms.